The third kappa shape index (κ3) is 5.17. The summed E-state index contributed by atoms with van der Waals surface area (Å²) in [5.74, 6) is 1.23. The predicted octanol–water partition coefficient (Wildman–Crippen LogP) is 3.23. The SMILES string of the molecule is CN(C[C@@H]1COc2ccccc2O1)C(=O)Cc1csc(NC(=O)Cc2cccs2)n1. The number of hydrogen-bond donors (Lipinski definition) is 1. The standard InChI is InChI=1S/C21H21N3O4S2/c1-24(11-15-12-27-17-6-2-3-7-18(17)28-15)20(26)9-14-13-30-21(22-14)23-19(25)10-16-5-4-8-29-16/h2-8,13,15H,9-12H2,1H3,(H,22,23,25)/t15-/m1/s1. The molecule has 3 heterocycles. The van der Waals surface area contributed by atoms with Crippen molar-refractivity contribution in [3.05, 3.63) is 57.7 Å². The molecule has 30 heavy (non-hydrogen) atoms. The Labute approximate surface area is 182 Å². The molecule has 156 valence electrons. The first-order valence-corrected chi connectivity index (χ1v) is 11.2. The maximum Gasteiger partial charge on any atom is 0.231 e. The van der Waals surface area contributed by atoms with Gasteiger partial charge in [0.1, 0.15) is 6.61 Å². The predicted molar refractivity (Wildman–Crippen MR) is 116 cm³/mol. The van der Waals surface area contributed by atoms with Crippen LogP contribution >= 0.6 is 22.7 Å². The van der Waals surface area contributed by atoms with Crippen LogP contribution in [0.25, 0.3) is 0 Å². The zero-order valence-electron chi connectivity index (χ0n) is 16.4. The molecule has 3 aromatic rings. The number of thiazole rings is 1. The second-order valence-corrected chi connectivity index (χ2v) is 8.79. The molecule has 0 unspecified atom stereocenters. The van der Waals surface area contributed by atoms with Gasteiger partial charge in [-0.2, -0.15) is 0 Å². The minimum Gasteiger partial charge on any atom is -0.486 e. The van der Waals surface area contributed by atoms with Crippen molar-refractivity contribution in [2.24, 2.45) is 0 Å². The lowest BCUT2D eigenvalue weighted by atomic mass is 10.2. The molecule has 0 aliphatic carbocycles. The zero-order valence-corrected chi connectivity index (χ0v) is 18.0. The number of carbonyl (C=O) groups is 2. The Balaban J connectivity index is 1.26. The molecule has 0 saturated carbocycles. The van der Waals surface area contributed by atoms with Crippen molar-refractivity contribution in [1.82, 2.24) is 9.88 Å². The molecular formula is C21H21N3O4S2. The molecule has 7 nitrogen and oxygen atoms in total. The van der Waals surface area contributed by atoms with Crippen LogP contribution in [-0.4, -0.2) is 48.0 Å². The first-order valence-electron chi connectivity index (χ1n) is 9.46. The van der Waals surface area contributed by atoms with Crippen LogP contribution < -0.4 is 14.8 Å². The van der Waals surface area contributed by atoms with Gasteiger partial charge >= 0.3 is 0 Å². The lowest BCUT2D eigenvalue weighted by Gasteiger charge is -2.29. The van der Waals surface area contributed by atoms with Crippen LogP contribution in [0.3, 0.4) is 0 Å². The number of likely N-dealkylation sites (N-methyl/N-ethyl adjacent to an activating group) is 1. The Morgan fingerprint density at radius 1 is 1.17 bits per heavy atom. The van der Waals surface area contributed by atoms with Gasteiger partial charge in [-0.15, -0.1) is 22.7 Å². The summed E-state index contributed by atoms with van der Waals surface area (Å²) in [4.78, 5) is 31.7. The molecule has 2 amide bonds. The van der Waals surface area contributed by atoms with Crippen molar-refractivity contribution < 1.29 is 19.1 Å². The maximum absolute atomic E-state index is 12.6. The first-order chi connectivity index (χ1) is 14.6. The summed E-state index contributed by atoms with van der Waals surface area (Å²) in [6.07, 6.45) is 0.259. The van der Waals surface area contributed by atoms with Gasteiger partial charge in [0.05, 0.1) is 25.1 Å². The van der Waals surface area contributed by atoms with Crippen LogP contribution in [0.2, 0.25) is 0 Å². The summed E-state index contributed by atoms with van der Waals surface area (Å²) in [7, 11) is 1.74. The van der Waals surface area contributed by atoms with E-state index in [2.05, 4.69) is 10.3 Å². The van der Waals surface area contributed by atoms with E-state index in [1.54, 1.807) is 28.7 Å². The molecule has 1 aromatic carbocycles. The molecule has 0 bridgehead atoms. The minimum absolute atomic E-state index is 0.0702. The van der Waals surface area contributed by atoms with E-state index in [0.717, 1.165) is 10.6 Å². The number of amides is 2. The quantitative estimate of drug-likeness (QED) is 0.606. The van der Waals surface area contributed by atoms with Crippen LogP contribution in [0.15, 0.2) is 47.2 Å². The highest BCUT2D eigenvalue weighted by Gasteiger charge is 2.24. The van der Waals surface area contributed by atoms with Crippen molar-refractivity contribution in [3.8, 4) is 11.5 Å². The average Bonchev–Trinajstić information content (AvgIpc) is 3.40. The monoisotopic (exact) mass is 443 g/mol. The van der Waals surface area contributed by atoms with Gasteiger partial charge in [-0.05, 0) is 23.6 Å². The van der Waals surface area contributed by atoms with Gasteiger partial charge in [-0.3, -0.25) is 9.59 Å². The number of nitrogens with zero attached hydrogens (tertiary/aromatic N) is 2. The number of benzene rings is 1. The van der Waals surface area contributed by atoms with Crippen LogP contribution in [0.5, 0.6) is 11.5 Å². The number of fused-ring (bicyclic) bond motifs is 1. The highest BCUT2D eigenvalue weighted by atomic mass is 32.1. The van der Waals surface area contributed by atoms with Gasteiger partial charge in [0.25, 0.3) is 0 Å². The number of carbonyl (C=O) groups excluding carboxylic acids is 2. The number of rotatable bonds is 7. The number of para-hydroxylation sites is 2. The molecular weight excluding hydrogens is 422 g/mol. The van der Waals surface area contributed by atoms with E-state index < -0.39 is 0 Å². The third-order valence-corrected chi connectivity index (χ3v) is 6.20. The first kappa shape index (κ1) is 20.4. The number of anilines is 1. The number of nitrogens with one attached hydrogen (secondary N) is 1. The summed E-state index contributed by atoms with van der Waals surface area (Å²) in [6.45, 7) is 0.813. The van der Waals surface area contributed by atoms with Gasteiger partial charge < -0.3 is 19.7 Å². The average molecular weight is 444 g/mol. The Hall–Kier alpha value is -2.91. The summed E-state index contributed by atoms with van der Waals surface area (Å²) in [5, 5.41) is 7.03. The maximum atomic E-state index is 12.6. The Morgan fingerprint density at radius 2 is 2.00 bits per heavy atom. The number of thiophene rings is 1. The Morgan fingerprint density at radius 3 is 2.80 bits per heavy atom. The molecule has 2 aromatic heterocycles. The van der Waals surface area contributed by atoms with Crippen LogP contribution in [0.1, 0.15) is 10.6 Å². The molecule has 0 radical (unpaired) electrons. The van der Waals surface area contributed by atoms with Crippen molar-refractivity contribution in [3.63, 3.8) is 0 Å². The summed E-state index contributed by atoms with van der Waals surface area (Å²) < 4.78 is 11.6. The fourth-order valence-corrected chi connectivity index (χ4v) is 4.46. The smallest absolute Gasteiger partial charge is 0.231 e. The lowest BCUT2D eigenvalue weighted by molar-refractivity contribution is -0.130. The highest BCUT2D eigenvalue weighted by Crippen LogP contribution is 2.31. The van der Waals surface area contributed by atoms with E-state index in [9.17, 15) is 9.59 Å². The van der Waals surface area contributed by atoms with E-state index in [4.69, 9.17) is 9.47 Å². The molecule has 4 rings (SSSR count). The number of hydrogen-bond acceptors (Lipinski definition) is 7. The van der Waals surface area contributed by atoms with Crippen LogP contribution in [-0.2, 0) is 22.4 Å². The van der Waals surface area contributed by atoms with Crippen molar-refractivity contribution in [1.29, 1.82) is 0 Å². The molecule has 0 saturated heterocycles. The summed E-state index contributed by atoms with van der Waals surface area (Å²) >= 11 is 2.86. The van der Waals surface area contributed by atoms with Gasteiger partial charge in [0.2, 0.25) is 11.8 Å². The second-order valence-electron chi connectivity index (χ2n) is 6.90. The van der Waals surface area contributed by atoms with Crippen molar-refractivity contribution in [2.75, 3.05) is 25.5 Å². The molecule has 0 fully saturated rings. The fourth-order valence-electron chi connectivity index (χ4n) is 3.03. The normalized spacial score (nSPS) is 14.9. The molecule has 1 atom stereocenters. The van der Waals surface area contributed by atoms with E-state index in [-0.39, 0.29) is 24.3 Å². The van der Waals surface area contributed by atoms with E-state index in [0.29, 0.717) is 36.1 Å². The molecule has 1 aliphatic heterocycles. The van der Waals surface area contributed by atoms with Gasteiger partial charge in [-0.1, -0.05) is 18.2 Å². The molecule has 1 aliphatic rings. The van der Waals surface area contributed by atoms with Crippen molar-refractivity contribution in [2.45, 2.75) is 18.9 Å². The molecule has 0 spiro atoms. The highest BCUT2D eigenvalue weighted by molar-refractivity contribution is 7.14. The van der Waals surface area contributed by atoms with Gasteiger partial charge in [0.15, 0.2) is 22.7 Å². The number of ether oxygens (including phenoxy) is 2. The Bertz CT molecular complexity index is 1020. The Kier molecular flexibility index (Phi) is 6.29. The van der Waals surface area contributed by atoms with Gasteiger partial charge in [-0.25, -0.2) is 4.98 Å². The van der Waals surface area contributed by atoms with Crippen molar-refractivity contribution >= 4 is 39.6 Å². The largest absolute Gasteiger partial charge is 0.486 e. The van der Waals surface area contributed by atoms with E-state index in [1.165, 1.54) is 11.3 Å². The van der Waals surface area contributed by atoms with E-state index in [1.807, 2.05) is 41.8 Å². The number of aromatic nitrogens is 1. The molecule has 1 N–H and O–H groups in total. The topological polar surface area (TPSA) is 80.8 Å². The fraction of sp³-hybridized carbons (Fsp3) is 0.286. The van der Waals surface area contributed by atoms with Crippen LogP contribution in [0.4, 0.5) is 5.13 Å². The van der Waals surface area contributed by atoms with Crippen LogP contribution in [0, 0.1) is 0 Å². The lowest BCUT2D eigenvalue weighted by Crippen LogP contribution is -2.42. The van der Waals surface area contributed by atoms with E-state index >= 15 is 0 Å². The summed E-state index contributed by atoms with van der Waals surface area (Å²) in [5.41, 5.74) is 0.634. The zero-order chi connectivity index (χ0) is 20.9. The molecule has 9 heteroatoms. The third-order valence-electron chi connectivity index (χ3n) is 4.52. The summed E-state index contributed by atoms with van der Waals surface area (Å²) in [6, 6.07) is 11.3. The van der Waals surface area contributed by atoms with Gasteiger partial charge in [0, 0.05) is 17.3 Å². The minimum atomic E-state index is -0.226. The second kappa shape index (κ2) is 9.27.